The molecule has 0 aliphatic carbocycles. The lowest BCUT2D eigenvalue weighted by atomic mass is 10.1. The first-order valence-electron chi connectivity index (χ1n) is 5.80. The van der Waals surface area contributed by atoms with Crippen molar-refractivity contribution < 1.29 is 13.2 Å². The van der Waals surface area contributed by atoms with E-state index in [0.717, 1.165) is 12.5 Å². The summed E-state index contributed by atoms with van der Waals surface area (Å²) in [7, 11) is 0. The highest BCUT2D eigenvalue weighted by atomic mass is 19.4. The molecule has 2 rings (SSSR count). The molecular formula is C13H12F3N3. The first kappa shape index (κ1) is 13.4. The first-order chi connectivity index (χ1) is 8.91. The van der Waals surface area contributed by atoms with E-state index in [4.69, 9.17) is 5.26 Å². The molecule has 0 radical (unpaired) electrons. The molecule has 100 valence electrons. The van der Waals surface area contributed by atoms with Gasteiger partial charge in [0.05, 0.1) is 5.56 Å². The van der Waals surface area contributed by atoms with E-state index in [1.807, 2.05) is 19.1 Å². The van der Waals surface area contributed by atoms with Gasteiger partial charge in [-0.3, -0.25) is 0 Å². The Balaban J connectivity index is 2.41. The third-order valence-corrected chi connectivity index (χ3v) is 3.02. The molecular weight excluding hydrogens is 255 g/mol. The van der Waals surface area contributed by atoms with Gasteiger partial charge in [-0.05, 0) is 25.5 Å². The van der Waals surface area contributed by atoms with Gasteiger partial charge in [-0.1, -0.05) is 11.6 Å². The number of nitriles is 1. The summed E-state index contributed by atoms with van der Waals surface area (Å²) in [6.45, 7) is 3.03. The van der Waals surface area contributed by atoms with Crippen LogP contribution >= 0.6 is 0 Å². The number of nitrogens with zero attached hydrogens (tertiary/aromatic N) is 3. The highest BCUT2D eigenvalue weighted by molar-refractivity contribution is 5.55. The molecule has 2 heterocycles. The Morgan fingerprint density at radius 2 is 2.11 bits per heavy atom. The molecule has 1 aromatic heterocycles. The highest BCUT2D eigenvalue weighted by Gasteiger charge is 2.33. The summed E-state index contributed by atoms with van der Waals surface area (Å²) in [5, 5.41) is 8.98. The van der Waals surface area contributed by atoms with Crippen molar-refractivity contribution in [1.82, 2.24) is 4.98 Å². The summed E-state index contributed by atoms with van der Waals surface area (Å²) in [5.41, 5.74) is 0.399. The van der Waals surface area contributed by atoms with Crippen molar-refractivity contribution in [2.24, 2.45) is 0 Å². The molecule has 0 amide bonds. The summed E-state index contributed by atoms with van der Waals surface area (Å²) in [6, 6.07) is 3.91. The maximum Gasteiger partial charge on any atom is 0.433 e. The van der Waals surface area contributed by atoms with Crippen LogP contribution < -0.4 is 4.90 Å². The normalized spacial score (nSPS) is 15.9. The molecule has 3 nitrogen and oxygen atoms in total. The van der Waals surface area contributed by atoms with Crippen LogP contribution in [0.4, 0.5) is 19.0 Å². The standard InChI is InChI=1S/C13H12F3N3/c1-9-4-6-19(7-5-9)12-10(8-17)2-3-11(18-12)13(14,15)16/h2-4H,5-7H2,1H3. The predicted octanol–water partition coefficient (Wildman–Crippen LogP) is 3.13. The molecule has 0 fully saturated rings. The fourth-order valence-corrected chi connectivity index (χ4v) is 1.90. The smallest absolute Gasteiger partial charge is 0.351 e. The van der Waals surface area contributed by atoms with Gasteiger partial charge in [-0.15, -0.1) is 0 Å². The van der Waals surface area contributed by atoms with E-state index in [1.165, 1.54) is 11.6 Å². The largest absolute Gasteiger partial charge is 0.433 e. The number of aromatic nitrogens is 1. The van der Waals surface area contributed by atoms with Crippen LogP contribution in [0.5, 0.6) is 0 Å². The minimum Gasteiger partial charge on any atom is -0.351 e. The van der Waals surface area contributed by atoms with Gasteiger partial charge in [0.15, 0.2) is 0 Å². The van der Waals surface area contributed by atoms with Crippen molar-refractivity contribution in [2.75, 3.05) is 18.0 Å². The Morgan fingerprint density at radius 1 is 1.37 bits per heavy atom. The average Bonchev–Trinajstić information content (AvgIpc) is 2.38. The Hall–Kier alpha value is -2.03. The SMILES string of the molecule is CC1=CCN(c2nc(C(F)(F)F)ccc2C#N)CC1. The second-order valence-corrected chi connectivity index (χ2v) is 4.42. The monoisotopic (exact) mass is 267 g/mol. The maximum atomic E-state index is 12.7. The van der Waals surface area contributed by atoms with Crippen molar-refractivity contribution in [1.29, 1.82) is 5.26 Å². The first-order valence-corrected chi connectivity index (χ1v) is 5.80. The van der Waals surface area contributed by atoms with E-state index in [9.17, 15) is 13.2 Å². The summed E-state index contributed by atoms with van der Waals surface area (Å²) in [6.07, 6.45) is -1.79. The van der Waals surface area contributed by atoms with Crippen molar-refractivity contribution in [3.05, 3.63) is 35.0 Å². The predicted molar refractivity (Wildman–Crippen MR) is 64.5 cm³/mol. The van der Waals surface area contributed by atoms with E-state index in [0.29, 0.717) is 13.1 Å². The lowest BCUT2D eigenvalue weighted by Crippen LogP contribution is -2.30. The topological polar surface area (TPSA) is 39.9 Å². The van der Waals surface area contributed by atoms with Crippen LogP contribution in [0, 0.1) is 11.3 Å². The van der Waals surface area contributed by atoms with Crippen LogP contribution in [0.1, 0.15) is 24.6 Å². The van der Waals surface area contributed by atoms with Crippen LogP contribution in [0.25, 0.3) is 0 Å². The van der Waals surface area contributed by atoms with Gasteiger partial charge in [-0.25, -0.2) is 4.98 Å². The van der Waals surface area contributed by atoms with E-state index in [1.54, 1.807) is 4.90 Å². The van der Waals surface area contributed by atoms with Gasteiger partial charge in [0.25, 0.3) is 0 Å². The lowest BCUT2D eigenvalue weighted by molar-refractivity contribution is -0.141. The van der Waals surface area contributed by atoms with E-state index in [2.05, 4.69) is 4.98 Å². The van der Waals surface area contributed by atoms with Crippen molar-refractivity contribution >= 4 is 5.82 Å². The number of rotatable bonds is 1. The zero-order chi connectivity index (χ0) is 14.0. The molecule has 0 spiro atoms. The van der Waals surface area contributed by atoms with E-state index >= 15 is 0 Å². The van der Waals surface area contributed by atoms with Crippen LogP contribution in [0.2, 0.25) is 0 Å². The van der Waals surface area contributed by atoms with Crippen LogP contribution in [0.15, 0.2) is 23.8 Å². The van der Waals surface area contributed by atoms with Crippen LogP contribution in [-0.2, 0) is 6.18 Å². The third kappa shape index (κ3) is 2.87. The average molecular weight is 267 g/mol. The molecule has 6 heteroatoms. The number of hydrogen-bond acceptors (Lipinski definition) is 3. The van der Waals surface area contributed by atoms with Gasteiger partial charge in [0.2, 0.25) is 0 Å². The Labute approximate surface area is 109 Å². The molecule has 0 bridgehead atoms. The molecule has 19 heavy (non-hydrogen) atoms. The van der Waals surface area contributed by atoms with Gasteiger partial charge >= 0.3 is 6.18 Å². The second-order valence-electron chi connectivity index (χ2n) is 4.42. The fraction of sp³-hybridized carbons (Fsp3) is 0.385. The van der Waals surface area contributed by atoms with E-state index < -0.39 is 11.9 Å². The van der Waals surface area contributed by atoms with Gasteiger partial charge in [0.1, 0.15) is 17.6 Å². The van der Waals surface area contributed by atoms with Crippen LogP contribution in [-0.4, -0.2) is 18.1 Å². The number of halogens is 3. The molecule has 1 aliphatic heterocycles. The van der Waals surface area contributed by atoms with Crippen LogP contribution in [0.3, 0.4) is 0 Å². The van der Waals surface area contributed by atoms with Gasteiger partial charge in [0, 0.05) is 13.1 Å². The van der Waals surface area contributed by atoms with E-state index in [-0.39, 0.29) is 11.4 Å². The zero-order valence-corrected chi connectivity index (χ0v) is 10.3. The zero-order valence-electron chi connectivity index (χ0n) is 10.3. The fourth-order valence-electron chi connectivity index (χ4n) is 1.90. The quantitative estimate of drug-likeness (QED) is 0.734. The molecule has 0 saturated heterocycles. The number of pyridine rings is 1. The minimum atomic E-state index is -4.50. The number of hydrogen-bond donors (Lipinski definition) is 0. The molecule has 0 saturated carbocycles. The molecule has 0 N–H and O–H groups in total. The summed E-state index contributed by atoms with van der Waals surface area (Å²) < 4.78 is 38.0. The second kappa shape index (κ2) is 4.92. The van der Waals surface area contributed by atoms with Gasteiger partial charge in [-0.2, -0.15) is 18.4 Å². The van der Waals surface area contributed by atoms with Gasteiger partial charge < -0.3 is 4.90 Å². The molecule has 1 aromatic rings. The summed E-state index contributed by atoms with van der Waals surface area (Å²) in [4.78, 5) is 5.31. The lowest BCUT2D eigenvalue weighted by Gasteiger charge is -2.27. The Kier molecular flexibility index (Phi) is 3.47. The maximum absolute atomic E-state index is 12.7. The Morgan fingerprint density at radius 3 is 2.63 bits per heavy atom. The summed E-state index contributed by atoms with van der Waals surface area (Å²) >= 11 is 0. The molecule has 0 unspecified atom stereocenters. The Bertz CT molecular complexity index is 555. The molecule has 0 aromatic carbocycles. The highest BCUT2D eigenvalue weighted by Crippen LogP contribution is 2.31. The summed E-state index contributed by atoms with van der Waals surface area (Å²) in [5.74, 6) is 0.112. The number of alkyl halides is 3. The molecule has 0 atom stereocenters. The van der Waals surface area contributed by atoms with Crippen molar-refractivity contribution in [2.45, 2.75) is 19.5 Å². The number of anilines is 1. The molecule has 1 aliphatic rings. The van der Waals surface area contributed by atoms with Crippen molar-refractivity contribution in [3.63, 3.8) is 0 Å². The minimum absolute atomic E-state index is 0.112. The third-order valence-electron chi connectivity index (χ3n) is 3.02. The van der Waals surface area contributed by atoms with Crippen molar-refractivity contribution in [3.8, 4) is 6.07 Å².